The zero-order valence-corrected chi connectivity index (χ0v) is 19.6. The van der Waals surface area contributed by atoms with Crippen molar-refractivity contribution in [2.24, 2.45) is 11.5 Å². The van der Waals surface area contributed by atoms with Crippen LogP contribution in [0.25, 0.3) is 0 Å². The molecule has 0 bridgehead atoms. The summed E-state index contributed by atoms with van der Waals surface area (Å²) in [4.78, 5) is 59.8. The van der Waals surface area contributed by atoms with Gasteiger partial charge in [-0.1, -0.05) is 0 Å². The van der Waals surface area contributed by atoms with Crippen molar-refractivity contribution in [3.05, 3.63) is 0 Å². The smallest absolute Gasteiger partial charge is 0.326 e. The van der Waals surface area contributed by atoms with E-state index in [-0.39, 0.29) is 12.2 Å². The topological polar surface area (TPSA) is 214 Å². The Morgan fingerprint density at radius 2 is 1.47 bits per heavy atom. The van der Waals surface area contributed by atoms with E-state index in [1.54, 1.807) is 0 Å². The fourth-order valence-corrected chi connectivity index (χ4v) is 3.27. The molecule has 0 radical (unpaired) electrons. The largest absolute Gasteiger partial charge is 0.481 e. The molecule has 0 aliphatic carbocycles. The fourth-order valence-electron chi connectivity index (χ4n) is 2.53. The van der Waals surface area contributed by atoms with E-state index in [4.69, 9.17) is 16.6 Å². The van der Waals surface area contributed by atoms with Gasteiger partial charge in [-0.05, 0) is 44.2 Å². The number of nitrogens with one attached hydrogen (secondary N) is 3. The maximum Gasteiger partial charge on any atom is 0.326 e. The molecule has 0 fully saturated rings. The fraction of sp³-hybridized carbons (Fsp3) is 0.722. The maximum absolute atomic E-state index is 12.6. The van der Waals surface area contributed by atoms with Crippen LogP contribution in [0.4, 0.5) is 0 Å². The van der Waals surface area contributed by atoms with E-state index >= 15 is 0 Å². The molecule has 3 amide bonds. The zero-order valence-electron chi connectivity index (χ0n) is 17.9. The molecule has 4 atom stereocenters. The molecule has 0 aromatic heterocycles. The summed E-state index contributed by atoms with van der Waals surface area (Å²) in [6.07, 6.45) is 2.54. The van der Waals surface area contributed by atoms with Crippen molar-refractivity contribution in [2.45, 2.75) is 56.3 Å². The Balaban J connectivity index is 5.18. The number of thioether (sulfide) groups is 1. The standard InChI is InChI=1S/C18H33N5O7S2/c1-32-7-5-10(20)15(26)23-13(9-31)17(28)22-12(8-14(24)25)16(27)21-11(18(29)30)4-2-3-6-19/h10-13,31H,2-9,19-20H2,1H3,(H,21,27)(H,22,28)(H,23,26)(H,24,25)(H,29,30). The van der Waals surface area contributed by atoms with E-state index in [1.807, 2.05) is 6.26 Å². The minimum Gasteiger partial charge on any atom is -0.481 e. The summed E-state index contributed by atoms with van der Waals surface area (Å²) in [5.74, 6) is -4.57. The van der Waals surface area contributed by atoms with Crippen molar-refractivity contribution in [2.75, 3.05) is 24.3 Å². The summed E-state index contributed by atoms with van der Waals surface area (Å²) < 4.78 is 0. The highest BCUT2D eigenvalue weighted by Gasteiger charge is 2.31. The van der Waals surface area contributed by atoms with Gasteiger partial charge in [-0.15, -0.1) is 0 Å². The predicted molar refractivity (Wildman–Crippen MR) is 123 cm³/mol. The maximum atomic E-state index is 12.6. The number of thiol groups is 1. The SMILES string of the molecule is CSCCC(N)C(=O)NC(CS)C(=O)NC(CC(=O)O)C(=O)NC(CCCCN)C(=O)O. The molecule has 0 spiro atoms. The minimum absolute atomic E-state index is 0.0925. The third-order valence-corrected chi connectivity index (χ3v) is 5.37. The Bertz CT molecular complexity index is 653. The molecule has 0 aromatic carbocycles. The van der Waals surface area contributed by atoms with Gasteiger partial charge >= 0.3 is 11.9 Å². The lowest BCUT2D eigenvalue weighted by molar-refractivity contribution is -0.143. The van der Waals surface area contributed by atoms with Gasteiger partial charge < -0.3 is 37.6 Å². The van der Waals surface area contributed by atoms with Crippen LogP contribution in [0.1, 0.15) is 32.1 Å². The van der Waals surface area contributed by atoms with Crippen LogP contribution in [-0.4, -0.2) is 88.3 Å². The van der Waals surface area contributed by atoms with Crippen molar-refractivity contribution in [1.82, 2.24) is 16.0 Å². The second-order valence-electron chi connectivity index (χ2n) is 6.97. The zero-order chi connectivity index (χ0) is 24.7. The van der Waals surface area contributed by atoms with Gasteiger partial charge in [-0.2, -0.15) is 24.4 Å². The lowest BCUT2D eigenvalue weighted by atomic mass is 10.1. The van der Waals surface area contributed by atoms with Crippen molar-refractivity contribution >= 4 is 54.1 Å². The number of nitrogens with two attached hydrogens (primary N) is 2. The number of amides is 3. The minimum atomic E-state index is -1.55. The van der Waals surface area contributed by atoms with E-state index in [0.717, 1.165) is 0 Å². The van der Waals surface area contributed by atoms with Crippen LogP contribution >= 0.6 is 24.4 Å². The predicted octanol–water partition coefficient (Wildman–Crippen LogP) is -1.86. The number of rotatable bonds is 17. The van der Waals surface area contributed by atoms with Crippen LogP contribution in [-0.2, 0) is 24.0 Å². The second kappa shape index (κ2) is 16.6. The Hall–Kier alpha value is -2.03. The Morgan fingerprint density at radius 1 is 0.906 bits per heavy atom. The quantitative estimate of drug-likeness (QED) is 0.0831. The Labute approximate surface area is 196 Å². The molecule has 12 nitrogen and oxygen atoms in total. The summed E-state index contributed by atoms with van der Waals surface area (Å²) in [6, 6.07) is -4.84. The van der Waals surface area contributed by atoms with Gasteiger partial charge in [0.05, 0.1) is 12.5 Å². The monoisotopic (exact) mass is 495 g/mol. The molecule has 0 saturated heterocycles. The number of carboxylic acid groups (broad SMARTS) is 2. The Morgan fingerprint density at radius 3 is 1.97 bits per heavy atom. The summed E-state index contributed by atoms with van der Waals surface area (Å²) in [5, 5.41) is 25.3. The van der Waals surface area contributed by atoms with Crippen LogP contribution in [0, 0.1) is 0 Å². The number of carbonyl (C=O) groups is 5. The van der Waals surface area contributed by atoms with E-state index in [1.165, 1.54) is 11.8 Å². The molecule has 0 aromatic rings. The first-order valence-corrected chi connectivity index (χ1v) is 12.0. The molecular formula is C18H33N5O7S2. The highest BCUT2D eigenvalue weighted by Crippen LogP contribution is 2.04. The average Bonchev–Trinajstić information content (AvgIpc) is 2.73. The molecule has 32 heavy (non-hydrogen) atoms. The molecule has 9 N–H and O–H groups in total. The van der Waals surface area contributed by atoms with Crippen LogP contribution in [0.2, 0.25) is 0 Å². The van der Waals surface area contributed by atoms with Crippen molar-refractivity contribution in [3.8, 4) is 0 Å². The van der Waals surface area contributed by atoms with Crippen molar-refractivity contribution in [1.29, 1.82) is 0 Å². The first kappa shape index (κ1) is 30.0. The average molecular weight is 496 g/mol. The summed E-state index contributed by atoms with van der Waals surface area (Å²) >= 11 is 5.52. The number of hydrogen-bond donors (Lipinski definition) is 8. The van der Waals surface area contributed by atoms with E-state index in [2.05, 4.69) is 28.6 Å². The number of carboxylic acids is 2. The first-order chi connectivity index (χ1) is 15.1. The van der Waals surface area contributed by atoms with Crippen molar-refractivity contribution in [3.63, 3.8) is 0 Å². The molecule has 0 saturated carbocycles. The second-order valence-corrected chi connectivity index (χ2v) is 8.33. The number of aliphatic carboxylic acids is 2. The summed E-state index contributed by atoms with van der Waals surface area (Å²) in [7, 11) is 0. The van der Waals surface area contributed by atoms with Crippen LogP contribution in [0.3, 0.4) is 0 Å². The lowest BCUT2D eigenvalue weighted by Crippen LogP contribution is -2.58. The van der Waals surface area contributed by atoms with Crippen LogP contribution in [0.15, 0.2) is 0 Å². The van der Waals surface area contributed by atoms with E-state index in [9.17, 15) is 29.1 Å². The van der Waals surface area contributed by atoms with Gasteiger partial charge in [0.15, 0.2) is 0 Å². The molecule has 0 aliphatic heterocycles. The van der Waals surface area contributed by atoms with Crippen LogP contribution in [0.5, 0.6) is 0 Å². The van der Waals surface area contributed by atoms with Gasteiger partial charge in [0.2, 0.25) is 17.7 Å². The van der Waals surface area contributed by atoms with Gasteiger partial charge in [-0.3, -0.25) is 19.2 Å². The third kappa shape index (κ3) is 12.1. The lowest BCUT2D eigenvalue weighted by Gasteiger charge is -2.23. The van der Waals surface area contributed by atoms with Gasteiger partial charge in [0, 0.05) is 5.75 Å². The molecule has 0 heterocycles. The normalized spacial score (nSPS) is 14.5. The van der Waals surface area contributed by atoms with Gasteiger partial charge in [-0.25, -0.2) is 4.79 Å². The summed E-state index contributed by atoms with van der Waals surface area (Å²) in [6.45, 7) is 0.357. The van der Waals surface area contributed by atoms with E-state index < -0.39 is 60.2 Å². The number of unbranched alkanes of at least 4 members (excludes halogenated alkanes) is 1. The van der Waals surface area contributed by atoms with Gasteiger partial charge in [0.25, 0.3) is 0 Å². The molecule has 0 aliphatic rings. The first-order valence-electron chi connectivity index (χ1n) is 9.98. The van der Waals surface area contributed by atoms with Gasteiger partial charge in [0.1, 0.15) is 18.1 Å². The summed E-state index contributed by atoms with van der Waals surface area (Å²) in [5.41, 5.74) is 11.1. The number of carbonyl (C=O) groups excluding carboxylic acids is 3. The molecular weight excluding hydrogens is 462 g/mol. The molecule has 14 heteroatoms. The third-order valence-electron chi connectivity index (χ3n) is 4.36. The highest BCUT2D eigenvalue weighted by atomic mass is 32.2. The highest BCUT2D eigenvalue weighted by molar-refractivity contribution is 7.98. The molecule has 4 unspecified atom stereocenters. The van der Waals surface area contributed by atoms with Crippen LogP contribution < -0.4 is 27.4 Å². The molecule has 184 valence electrons. The number of hydrogen-bond acceptors (Lipinski definition) is 9. The Kier molecular flexibility index (Phi) is 15.5. The molecule has 0 rings (SSSR count). The van der Waals surface area contributed by atoms with Crippen molar-refractivity contribution < 1.29 is 34.2 Å². The van der Waals surface area contributed by atoms with E-state index in [0.29, 0.717) is 31.6 Å².